The Bertz CT molecular complexity index is 966. The van der Waals surface area contributed by atoms with Gasteiger partial charge in [0.25, 0.3) is 0 Å². The first-order valence-electron chi connectivity index (χ1n) is 8.53. The van der Waals surface area contributed by atoms with Crippen molar-refractivity contribution in [3.05, 3.63) is 69.7 Å². The number of oxime groups is 2. The van der Waals surface area contributed by atoms with E-state index in [-0.39, 0.29) is 35.2 Å². The van der Waals surface area contributed by atoms with E-state index < -0.39 is 17.6 Å². The molecule has 0 aliphatic rings. The number of rotatable bonds is 9. The molecule has 0 aromatic heterocycles. The average molecular weight is 441 g/mol. The van der Waals surface area contributed by atoms with Gasteiger partial charge >= 0.3 is 5.97 Å². The Hall–Kier alpha value is -3.04. The largest absolute Gasteiger partial charge is 0.464 e. The van der Waals surface area contributed by atoms with Crippen LogP contribution in [-0.2, 0) is 30.6 Å². The number of methoxy groups -OCH3 is 2. The maximum atomic E-state index is 14.1. The molecule has 0 heterocycles. The van der Waals surface area contributed by atoms with Crippen molar-refractivity contribution in [1.82, 2.24) is 0 Å². The molecule has 7 nitrogen and oxygen atoms in total. The van der Waals surface area contributed by atoms with Crippen molar-refractivity contribution in [2.24, 2.45) is 10.3 Å². The topological polar surface area (TPSA) is 78.7 Å². The van der Waals surface area contributed by atoms with Crippen molar-refractivity contribution in [2.75, 3.05) is 27.9 Å². The fraction of sp³-hybridized carbons (Fsp3) is 0.250. The summed E-state index contributed by atoms with van der Waals surface area (Å²) >= 11 is 6.25. The van der Waals surface area contributed by atoms with E-state index in [1.807, 2.05) is 0 Å². The molecule has 0 aliphatic heterocycles. The van der Waals surface area contributed by atoms with E-state index in [9.17, 15) is 13.6 Å². The molecule has 0 spiro atoms. The van der Waals surface area contributed by atoms with E-state index in [0.717, 1.165) is 6.07 Å². The zero-order chi connectivity index (χ0) is 22.1. The lowest BCUT2D eigenvalue weighted by molar-refractivity contribution is -0.132. The van der Waals surface area contributed by atoms with Gasteiger partial charge in [0.05, 0.1) is 13.7 Å². The first-order chi connectivity index (χ1) is 14.4. The number of halogens is 3. The van der Waals surface area contributed by atoms with Gasteiger partial charge in [-0.15, -0.1) is 0 Å². The lowest BCUT2D eigenvalue weighted by atomic mass is 10.0. The van der Waals surface area contributed by atoms with Gasteiger partial charge in [-0.25, -0.2) is 13.6 Å². The summed E-state index contributed by atoms with van der Waals surface area (Å²) in [7, 11) is 3.85. The molecule has 30 heavy (non-hydrogen) atoms. The average Bonchev–Trinajstić information content (AvgIpc) is 2.74. The second kappa shape index (κ2) is 11.2. The number of hydrogen-bond donors (Lipinski definition) is 0. The summed E-state index contributed by atoms with van der Waals surface area (Å²) in [6.07, 6.45) is 0. The number of carbonyl (C=O) groups is 1. The van der Waals surface area contributed by atoms with Crippen LogP contribution in [0.1, 0.15) is 16.7 Å². The molecule has 0 unspecified atom stereocenters. The highest BCUT2D eigenvalue weighted by molar-refractivity contribution is 6.44. The Morgan fingerprint density at radius 1 is 1.03 bits per heavy atom. The van der Waals surface area contributed by atoms with Crippen molar-refractivity contribution in [3.63, 3.8) is 0 Å². The van der Waals surface area contributed by atoms with Gasteiger partial charge in [0, 0.05) is 28.8 Å². The van der Waals surface area contributed by atoms with Crippen molar-refractivity contribution in [2.45, 2.75) is 6.61 Å². The second-order valence-corrected chi connectivity index (χ2v) is 6.13. The SMILES string of the molecule is COC/C(=N\OCc1c(Cl)cccc1/C(=N\OC)C(=O)OC)c1cccc(F)c1F. The number of benzene rings is 2. The van der Waals surface area contributed by atoms with Crippen molar-refractivity contribution in [1.29, 1.82) is 0 Å². The predicted molar refractivity (Wildman–Crippen MR) is 107 cm³/mol. The number of ether oxygens (including phenoxy) is 2. The molecular formula is C20H19ClF2N2O5. The summed E-state index contributed by atoms with van der Waals surface area (Å²) in [6.45, 7) is -0.340. The molecule has 2 aromatic rings. The fourth-order valence-corrected chi connectivity index (χ4v) is 2.73. The van der Waals surface area contributed by atoms with E-state index in [0.29, 0.717) is 11.1 Å². The van der Waals surface area contributed by atoms with Gasteiger partial charge in [0.2, 0.25) is 0 Å². The predicted octanol–water partition coefficient (Wildman–Crippen LogP) is 3.71. The van der Waals surface area contributed by atoms with E-state index in [2.05, 4.69) is 10.3 Å². The Kier molecular flexibility index (Phi) is 8.70. The Morgan fingerprint density at radius 3 is 2.40 bits per heavy atom. The van der Waals surface area contributed by atoms with Crippen molar-refractivity contribution in [3.8, 4) is 0 Å². The van der Waals surface area contributed by atoms with Gasteiger partial charge in [-0.1, -0.05) is 40.1 Å². The molecule has 2 aromatic carbocycles. The Morgan fingerprint density at radius 2 is 1.73 bits per heavy atom. The summed E-state index contributed by atoms with van der Waals surface area (Å²) in [5.41, 5.74) is 0.463. The number of esters is 1. The minimum Gasteiger partial charge on any atom is -0.464 e. The highest BCUT2D eigenvalue weighted by Crippen LogP contribution is 2.23. The van der Waals surface area contributed by atoms with Crippen LogP contribution in [0, 0.1) is 11.6 Å². The van der Waals surface area contributed by atoms with Crippen LogP contribution in [0.25, 0.3) is 0 Å². The van der Waals surface area contributed by atoms with Crippen molar-refractivity contribution >= 4 is 29.0 Å². The molecule has 0 N–H and O–H groups in total. The van der Waals surface area contributed by atoms with Gasteiger partial charge in [0.1, 0.15) is 19.4 Å². The summed E-state index contributed by atoms with van der Waals surface area (Å²) in [4.78, 5) is 22.1. The molecule has 160 valence electrons. The molecule has 0 bridgehead atoms. The molecule has 0 saturated carbocycles. The number of carbonyl (C=O) groups excluding carboxylic acids is 1. The molecule has 0 atom stereocenters. The zero-order valence-corrected chi connectivity index (χ0v) is 17.2. The van der Waals surface area contributed by atoms with Gasteiger partial charge in [-0.2, -0.15) is 0 Å². The highest BCUT2D eigenvalue weighted by Gasteiger charge is 2.21. The molecule has 0 saturated heterocycles. The minimum absolute atomic E-state index is 0.0295. The van der Waals surface area contributed by atoms with Crippen LogP contribution in [0.15, 0.2) is 46.7 Å². The number of hydrogen-bond acceptors (Lipinski definition) is 7. The molecule has 0 amide bonds. The monoisotopic (exact) mass is 440 g/mol. The molecule has 0 radical (unpaired) electrons. The van der Waals surface area contributed by atoms with Crippen LogP contribution < -0.4 is 0 Å². The maximum absolute atomic E-state index is 14.1. The van der Waals surface area contributed by atoms with Crippen LogP contribution in [0.5, 0.6) is 0 Å². The van der Waals surface area contributed by atoms with Gasteiger partial charge in [0.15, 0.2) is 17.3 Å². The molecule has 0 fully saturated rings. The van der Waals surface area contributed by atoms with E-state index in [4.69, 9.17) is 30.7 Å². The number of nitrogens with zero attached hydrogens (tertiary/aromatic N) is 2. The molecule has 2 rings (SSSR count). The lowest BCUT2D eigenvalue weighted by Gasteiger charge is -2.12. The van der Waals surface area contributed by atoms with Crippen LogP contribution >= 0.6 is 11.6 Å². The van der Waals surface area contributed by atoms with E-state index in [1.165, 1.54) is 33.5 Å². The summed E-state index contributed by atoms with van der Waals surface area (Å²) in [6, 6.07) is 8.44. The normalized spacial score (nSPS) is 11.9. The molecule has 0 aliphatic carbocycles. The first kappa shape index (κ1) is 23.2. The third-order valence-electron chi connectivity index (χ3n) is 3.86. The van der Waals surface area contributed by atoms with Gasteiger partial charge in [-0.3, -0.25) is 0 Å². The van der Waals surface area contributed by atoms with E-state index in [1.54, 1.807) is 18.2 Å². The standard InChI is InChI=1S/C20H19ClF2N2O5/c1-27-11-17(13-7-5-9-16(22)18(13)23)24-30-10-14-12(6-4-8-15(14)21)19(25-29-3)20(26)28-2/h4-9H,10-11H2,1-3H3/b24-17+,25-19+. The lowest BCUT2D eigenvalue weighted by Crippen LogP contribution is -2.20. The molecule has 10 heteroatoms. The summed E-state index contributed by atoms with van der Waals surface area (Å²) < 4.78 is 37.4. The summed E-state index contributed by atoms with van der Waals surface area (Å²) in [5.74, 6) is -2.84. The van der Waals surface area contributed by atoms with Crippen LogP contribution in [0.2, 0.25) is 5.02 Å². The van der Waals surface area contributed by atoms with Crippen LogP contribution in [-0.4, -0.2) is 45.3 Å². The van der Waals surface area contributed by atoms with Gasteiger partial charge in [-0.05, 0) is 18.2 Å². The Labute approximate surface area is 176 Å². The smallest absolute Gasteiger partial charge is 0.360 e. The second-order valence-electron chi connectivity index (χ2n) is 5.73. The fourth-order valence-electron chi connectivity index (χ4n) is 2.50. The molecular weight excluding hydrogens is 422 g/mol. The Balaban J connectivity index is 2.37. The third-order valence-corrected chi connectivity index (χ3v) is 4.22. The quantitative estimate of drug-likeness (QED) is 0.337. The van der Waals surface area contributed by atoms with Crippen LogP contribution in [0.4, 0.5) is 8.78 Å². The zero-order valence-electron chi connectivity index (χ0n) is 16.4. The van der Waals surface area contributed by atoms with Crippen molar-refractivity contribution < 1.29 is 32.7 Å². The maximum Gasteiger partial charge on any atom is 0.360 e. The third kappa shape index (κ3) is 5.52. The minimum atomic E-state index is -1.07. The van der Waals surface area contributed by atoms with E-state index >= 15 is 0 Å². The first-order valence-corrected chi connectivity index (χ1v) is 8.91. The highest BCUT2D eigenvalue weighted by atomic mass is 35.5. The van der Waals surface area contributed by atoms with Gasteiger partial charge < -0.3 is 19.1 Å². The van der Waals surface area contributed by atoms with Crippen LogP contribution in [0.3, 0.4) is 0 Å². The summed E-state index contributed by atoms with van der Waals surface area (Å²) in [5, 5.41) is 7.83.